The second-order valence-electron chi connectivity index (χ2n) is 7.24. The summed E-state index contributed by atoms with van der Waals surface area (Å²) < 4.78 is 34.0. The number of hydrogen-bond acceptors (Lipinski definition) is 1. The van der Waals surface area contributed by atoms with Crippen LogP contribution in [-0.2, 0) is 0 Å². The minimum absolute atomic E-state index is 0.0546. The average molecular weight is 356 g/mol. The van der Waals surface area contributed by atoms with Crippen LogP contribution < -0.4 is 4.74 Å². The van der Waals surface area contributed by atoms with Crippen LogP contribution in [0.15, 0.2) is 49.1 Å². The fraction of sp³-hybridized carbons (Fsp3) is 0.391. The zero-order valence-electron chi connectivity index (χ0n) is 15.3. The first-order valence-corrected chi connectivity index (χ1v) is 9.42. The maximum Gasteiger partial charge on any atom is 0.201 e. The first-order chi connectivity index (χ1) is 12.6. The van der Waals surface area contributed by atoms with Crippen LogP contribution in [0.4, 0.5) is 8.78 Å². The molecule has 138 valence electrons. The van der Waals surface area contributed by atoms with Crippen LogP contribution in [0.25, 0.3) is 11.1 Å². The molecule has 1 nitrogen and oxygen atoms in total. The van der Waals surface area contributed by atoms with E-state index in [1.807, 2.05) is 12.1 Å². The molecular weight excluding hydrogens is 330 g/mol. The molecule has 2 aromatic rings. The molecule has 0 atom stereocenters. The predicted molar refractivity (Wildman–Crippen MR) is 102 cm³/mol. The summed E-state index contributed by atoms with van der Waals surface area (Å²) in [5.74, 6) is -0.449. The van der Waals surface area contributed by atoms with E-state index in [1.165, 1.54) is 37.3 Å². The van der Waals surface area contributed by atoms with Crippen molar-refractivity contribution < 1.29 is 13.5 Å². The number of hydrogen-bond donors (Lipinski definition) is 0. The highest BCUT2D eigenvalue weighted by Gasteiger charge is 2.20. The van der Waals surface area contributed by atoms with E-state index < -0.39 is 11.6 Å². The molecule has 0 saturated heterocycles. The van der Waals surface area contributed by atoms with Crippen LogP contribution >= 0.6 is 0 Å². The maximum atomic E-state index is 14.5. The van der Waals surface area contributed by atoms with Gasteiger partial charge >= 0.3 is 0 Å². The molecule has 0 heterocycles. The van der Waals surface area contributed by atoms with Crippen molar-refractivity contribution in [3.63, 3.8) is 0 Å². The third kappa shape index (κ3) is 4.14. The van der Waals surface area contributed by atoms with Crippen molar-refractivity contribution in [1.82, 2.24) is 0 Å². The van der Waals surface area contributed by atoms with Crippen molar-refractivity contribution in [3.8, 4) is 16.9 Å². The number of halogens is 2. The van der Waals surface area contributed by atoms with Gasteiger partial charge in [0.25, 0.3) is 0 Å². The largest absolute Gasteiger partial charge is 0.490 e. The maximum absolute atomic E-state index is 14.5. The number of ether oxygens (including phenoxy) is 1. The second-order valence-corrected chi connectivity index (χ2v) is 7.24. The average Bonchev–Trinajstić information content (AvgIpc) is 2.66. The summed E-state index contributed by atoms with van der Waals surface area (Å²) in [5, 5.41) is 0. The smallest absolute Gasteiger partial charge is 0.201 e. The van der Waals surface area contributed by atoms with E-state index in [0.717, 1.165) is 5.92 Å². The fourth-order valence-corrected chi connectivity index (χ4v) is 3.65. The Balaban J connectivity index is 1.76. The van der Waals surface area contributed by atoms with Gasteiger partial charge in [0.2, 0.25) is 5.82 Å². The second kappa shape index (κ2) is 8.48. The van der Waals surface area contributed by atoms with Crippen molar-refractivity contribution in [1.29, 1.82) is 0 Å². The molecule has 2 aromatic carbocycles. The molecule has 1 saturated carbocycles. The van der Waals surface area contributed by atoms with E-state index >= 15 is 0 Å². The van der Waals surface area contributed by atoms with Crippen LogP contribution in [0.2, 0.25) is 0 Å². The lowest BCUT2D eigenvalue weighted by molar-refractivity contribution is 0.302. The molecule has 3 rings (SSSR count). The van der Waals surface area contributed by atoms with Crippen molar-refractivity contribution in [2.45, 2.75) is 44.9 Å². The van der Waals surface area contributed by atoms with E-state index in [1.54, 1.807) is 12.1 Å². The lowest BCUT2D eigenvalue weighted by atomic mass is 9.79. The predicted octanol–water partition coefficient (Wildman–Crippen LogP) is 6.88. The van der Waals surface area contributed by atoms with Gasteiger partial charge in [0.15, 0.2) is 11.6 Å². The van der Waals surface area contributed by atoms with Crippen molar-refractivity contribution in [3.05, 3.63) is 66.3 Å². The Morgan fingerprint density at radius 1 is 1.00 bits per heavy atom. The van der Waals surface area contributed by atoms with Gasteiger partial charge in [0.05, 0.1) is 6.61 Å². The van der Waals surface area contributed by atoms with Gasteiger partial charge in [0.1, 0.15) is 0 Å². The summed E-state index contributed by atoms with van der Waals surface area (Å²) >= 11 is 0. The molecule has 1 aliphatic rings. The molecule has 0 aromatic heterocycles. The summed E-state index contributed by atoms with van der Waals surface area (Å²) in [6.07, 6.45) is 7.21. The van der Waals surface area contributed by atoms with Gasteiger partial charge in [-0.05, 0) is 54.4 Å². The van der Waals surface area contributed by atoms with Crippen molar-refractivity contribution in [2.75, 3.05) is 6.61 Å². The minimum atomic E-state index is -0.933. The Hall–Kier alpha value is -2.16. The summed E-state index contributed by atoms with van der Waals surface area (Å²) in [7, 11) is 0. The summed E-state index contributed by atoms with van der Waals surface area (Å²) in [6, 6.07) is 11.0. The van der Waals surface area contributed by atoms with E-state index in [2.05, 4.69) is 25.6 Å². The third-order valence-electron chi connectivity index (χ3n) is 5.34. The molecule has 0 N–H and O–H groups in total. The highest BCUT2D eigenvalue weighted by Crippen LogP contribution is 2.37. The Morgan fingerprint density at radius 3 is 2.35 bits per heavy atom. The molecule has 0 aliphatic heterocycles. The normalized spacial score (nSPS) is 20.0. The van der Waals surface area contributed by atoms with Gasteiger partial charge in [0, 0.05) is 5.56 Å². The first-order valence-electron chi connectivity index (χ1n) is 9.42. The Bertz CT molecular complexity index is 744. The molecule has 0 bridgehead atoms. The summed E-state index contributed by atoms with van der Waals surface area (Å²) in [6.45, 7) is 6.17. The summed E-state index contributed by atoms with van der Waals surface area (Å²) in [4.78, 5) is 0. The molecule has 0 amide bonds. The molecule has 3 heteroatoms. The zero-order valence-corrected chi connectivity index (χ0v) is 15.3. The van der Waals surface area contributed by atoms with E-state index in [9.17, 15) is 8.78 Å². The quantitative estimate of drug-likeness (QED) is 0.405. The Kier molecular flexibility index (Phi) is 6.08. The van der Waals surface area contributed by atoms with Gasteiger partial charge in [-0.1, -0.05) is 50.1 Å². The topological polar surface area (TPSA) is 9.23 Å². The zero-order chi connectivity index (χ0) is 18.5. The molecule has 0 unspecified atom stereocenters. The molecule has 26 heavy (non-hydrogen) atoms. The molecule has 1 aliphatic carbocycles. The van der Waals surface area contributed by atoms with Crippen LogP contribution in [0, 0.1) is 17.6 Å². The highest BCUT2D eigenvalue weighted by atomic mass is 19.2. The molecule has 0 radical (unpaired) electrons. The van der Waals surface area contributed by atoms with Crippen LogP contribution in [0.5, 0.6) is 5.75 Å². The lowest BCUT2D eigenvalue weighted by Crippen LogP contribution is -2.10. The van der Waals surface area contributed by atoms with Gasteiger partial charge in [-0.15, -0.1) is 6.58 Å². The van der Waals surface area contributed by atoms with Crippen LogP contribution in [0.3, 0.4) is 0 Å². The Morgan fingerprint density at radius 2 is 1.69 bits per heavy atom. The van der Waals surface area contributed by atoms with Crippen molar-refractivity contribution >= 4 is 0 Å². The van der Waals surface area contributed by atoms with Gasteiger partial charge in [-0.2, -0.15) is 4.39 Å². The van der Waals surface area contributed by atoms with Crippen molar-refractivity contribution in [2.24, 2.45) is 5.92 Å². The van der Waals surface area contributed by atoms with Crippen LogP contribution in [0.1, 0.15) is 50.5 Å². The lowest BCUT2D eigenvalue weighted by Gasteiger charge is -2.26. The molecule has 0 spiro atoms. The highest BCUT2D eigenvalue weighted by molar-refractivity contribution is 5.65. The number of rotatable bonds is 6. The number of benzene rings is 2. The minimum Gasteiger partial charge on any atom is -0.490 e. The van der Waals surface area contributed by atoms with E-state index in [0.29, 0.717) is 17.9 Å². The third-order valence-corrected chi connectivity index (χ3v) is 5.34. The van der Waals surface area contributed by atoms with E-state index in [-0.39, 0.29) is 17.9 Å². The summed E-state index contributed by atoms with van der Waals surface area (Å²) in [5.41, 5.74) is 2.25. The van der Waals surface area contributed by atoms with Gasteiger partial charge in [-0.25, -0.2) is 4.39 Å². The molecular formula is C23H26F2O. The monoisotopic (exact) mass is 356 g/mol. The van der Waals surface area contributed by atoms with Gasteiger partial charge in [-0.3, -0.25) is 0 Å². The molecule has 1 fully saturated rings. The first kappa shape index (κ1) is 18.6. The standard InChI is InChI=1S/C23H26F2O/c1-3-4-15-26-21-14-13-20(22(24)23(21)25)19-11-9-18(10-12-19)17-7-5-16(2)6-8-17/h3,9-14,16-17H,1,4-8,15H2,2H3. The Labute approximate surface area is 154 Å². The van der Waals surface area contributed by atoms with Crippen LogP contribution in [-0.4, -0.2) is 6.61 Å². The van der Waals surface area contributed by atoms with Gasteiger partial charge < -0.3 is 4.74 Å². The SMILES string of the molecule is C=CCCOc1ccc(-c2ccc(C3CCC(C)CC3)cc2)c(F)c1F. The fourth-order valence-electron chi connectivity index (χ4n) is 3.65. The van der Waals surface area contributed by atoms with E-state index in [4.69, 9.17) is 4.74 Å².